The second-order valence-electron chi connectivity index (χ2n) is 9.70. The van der Waals surface area contributed by atoms with Crippen molar-refractivity contribution in [3.05, 3.63) is 89.7 Å². The summed E-state index contributed by atoms with van der Waals surface area (Å²) in [5, 5.41) is 2.63. The number of likely N-dealkylation sites (N-methyl/N-ethyl adjacent to an activating group) is 1. The molecule has 1 heterocycles. The fourth-order valence-corrected chi connectivity index (χ4v) is 5.68. The van der Waals surface area contributed by atoms with Crippen LogP contribution in [0.15, 0.2) is 72.8 Å². The van der Waals surface area contributed by atoms with Gasteiger partial charge in [0.15, 0.2) is 11.5 Å². The summed E-state index contributed by atoms with van der Waals surface area (Å²) in [7, 11) is -2.20. The predicted molar refractivity (Wildman–Crippen MR) is 154 cm³/mol. The molecule has 3 aromatic carbocycles. The van der Waals surface area contributed by atoms with Crippen LogP contribution in [-0.4, -0.2) is 64.2 Å². The molecule has 1 aliphatic heterocycles. The van der Waals surface area contributed by atoms with Crippen LogP contribution in [0.25, 0.3) is 0 Å². The SMILES string of the molecule is CNC(=O)C(Cc1ccccc1)N(Cc1ccccc1F)C(=O)CCCN(c1ccc2c(c1)OCCO2)S(C)(=O)=O. The van der Waals surface area contributed by atoms with Gasteiger partial charge in [-0.2, -0.15) is 0 Å². The highest BCUT2D eigenvalue weighted by Crippen LogP contribution is 2.34. The molecular weight excluding hydrogens is 549 g/mol. The highest BCUT2D eigenvalue weighted by atomic mass is 32.2. The summed E-state index contributed by atoms with van der Waals surface area (Å²) in [4.78, 5) is 28.1. The smallest absolute Gasteiger partial charge is 0.242 e. The van der Waals surface area contributed by atoms with E-state index in [-0.39, 0.29) is 43.8 Å². The molecule has 9 nitrogen and oxygen atoms in total. The van der Waals surface area contributed by atoms with Crippen LogP contribution in [0.5, 0.6) is 11.5 Å². The van der Waals surface area contributed by atoms with E-state index < -0.39 is 27.8 Å². The van der Waals surface area contributed by atoms with Gasteiger partial charge in [-0.25, -0.2) is 12.8 Å². The number of sulfonamides is 1. The summed E-state index contributed by atoms with van der Waals surface area (Å²) in [5.74, 6) is -0.279. The van der Waals surface area contributed by atoms with E-state index in [9.17, 15) is 22.4 Å². The van der Waals surface area contributed by atoms with Crippen LogP contribution in [0.2, 0.25) is 0 Å². The first kappa shape index (κ1) is 29.9. The van der Waals surface area contributed by atoms with Crippen molar-refractivity contribution < 1.29 is 31.9 Å². The highest BCUT2D eigenvalue weighted by molar-refractivity contribution is 7.92. The molecule has 0 saturated carbocycles. The lowest BCUT2D eigenvalue weighted by molar-refractivity contribution is -0.141. The van der Waals surface area contributed by atoms with Gasteiger partial charge in [0.2, 0.25) is 21.8 Å². The van der Waals surface area contributed by atoms with Crippen molar-refractivity contribution in [2.75, 3.05) is 37.4 Å². The minimum Gasteiger partial charge on any atom is -0.486 e. The van der Waals surface area contributed by atoms with Gasteiger partial charge in [-0.1, -0.05) is 48.5 Å². The molecule has 0 fully saturated rings. The quantitative estimate of drug-likeness (QED) is 0.350. The van der Waals surface area contributed by atoms with Gasteiger partial charge in [0, 0.05) is 44.6 Å². The van der Waals surface area contributed by atoms with Crippen LogP contribution in [0.4, 0.5) is 10.1 Å². The molecule has 1 N–H and O–H groups in total. The molecule has 1 aliphatic rings. The van der Waals surface area contributed by atoms with Gasteiger partial charge >= 0.3 is 0 Å². The standard InChI is InChI=1S/C30H34FN3O6S/c1-32-30(36)26(19-22-9-4-3-5-10-22)33(21-23-11-6-7-12-25(23)31)29(35)13-8-16-34(41(2,37)38)24-14-15-27-28(20-24)40-18-17-39-27/h3-7,9-12,14-15,20,26H,8,13,16-19,21H2,1-2H3,(H,32,36). The maximum Gasteiger partial charge on any atom is 0.242 e. The van der Waals surface area contributed by atoms with Crippen molar-refractivity contribution in [3.63, 3.8) is 0 Å². The molecule has 4 rings (SSSR count). The topological polar surface area (TPSA) is 105 Å². The summed E-state index contributed by atoms with van der Waals surface area (Å²) in [5.41, 5.74) is 1.51. The lowest BCUT2D eigenvalue weighted by Gasteiger charge is -2.31. The Balaban J connectivity index is 1.55. The third kappa shape index (κ3) is 7.75. The van der Waals surface area contributed by atoms with Crippen molar-refractivity contribution >= 4 is 27.5 Å². The third-order valence-corrected chi connectivity index (χ3v) is 7.98. The lowest BCUT2D eigenvalue weighted by Crippen LogP contribution is -2.50. The molecule has 11 heteroatoms. The van der Waals surface area contributed by atoms with Crippen LogP contribution in [0.1, 0.15) is 24.0 Å². The number of amides is 2. The van der Waals surface area contributed by atoms with Gasteiger partial charge in [0.1, 0.15) is 25.1 Å². The van der Waals surface area contributed by atoms with E-state index >= 15 is 0 Å². The number of hydrogen-bond donors (Lipinski definition) is 1. The van der Waals surface area contributed by atoms with Crippen molar-refractivity contribution in [3.8, 4) is 11.5 Å². The molecule has 1 atom stereocenters. The molecule has 2 amide bonds. The normalized spacial score (nSPS) is 13.2. The fourth-order valence-electron chi connectivity index (χ4n) is 4.72. The zero-order chi connectivity index (χ0) is 29.4. The van der Waals surface area contributed by atoms with Gasteiger partial charge in [-0.15, -0.1) is 0 Å². The summed E-state index contributed by atoms with van der Waals surface area (Å²) >= 11 is 0. The largest absolute Gasteiger partial charge is 0.486 e. The van der Waals surface area contributed by atoms with E-state index in [0.29, 0.717) is 30.4 Å². The molecular formula is C30H34FN3O6S. The van der Waals surface area contributed by atoms with E-state index in [0.717, 1.165) is 11.8 Å². The molecule has 0 aliphatic carbocycles. The minimum atomic E-state index is -3.69. The van der Waals surface area contributed by atoms with Crippen molar-refractivity contribution in [1.82, 2.24) is 10.2 Å². The number of rotatable bonds is 12. The minimum absolute atomic E-state index is 0.0150. The molecule has 1 unspecified atom stereocenters. The molecule has 0 aromatic heterocycles. The number of benzene rings is 3. The van der Waals surface area contributed by atoms with Gasteiger partial charge < -0.3 is 19.7 Å². The second kappa shape index (κ2) is 13.5. The highest BCUT2D eigenvalue weighted by Gasteiger charge is 2.30. The Kier molecular flexibility index (Phi) is 9.82. The monoisotopic (exact) mass is 583 g/mol. The Morgan fingerprint density at radius 3 is 2.34 bits per heavy atom. The average Bonchev–Trinajstić information content (AvgIpc) is 2.97. The average molecular weight is 584 g/mol. The number of halogens is 1. The Bertz CT molecular complexity index is 1470. The molecule has 0 radical (unpaired) electrons. The number of hydrogen-bond acceptors (Lipinski definition) is 6. The van der Waals surface area contributed by atoms with E-state index in [1.807, 2.05) is 30.3 Å². The number of carbonyl (C=O) groups excluding carboxylic acids is 2. The Morgan fingerprint density at radius 2 is 1.66 bits per heavy atom. The van der Waals surface area contributed by atoms with E-state index in [2.05, 4.69) is 5.32 Å². The molecule has 0 saturated heterocycles. The van der Waals surface area contributed by atoms with Crippen LogP contribution in [0.3, 0.4) is 0 Å². The third-order valence-electron chi connectivity index (χ3n) is 6.78. The van der Waals surface area contributed by atoms with Crippen molar-refractivity contribution in [2.45, 2.75) is 31.8 Å². The van der Waals surface area contributed by atoms with Crippen LogP contribution in [-0.2, 0) is 32.6 Å². The number of carbonyl (C=O) groups is 2. The number of fused-ring (bicyclic) bond motifs is 1. The maximum absolute atomic E-state index is 14.7. The molecule has 0 spiro atoms. The van der Waals surface area contributed by atoms with Gasteiger partial charge in [-0.05, 0) is 30.2 Å². The first-order valence-corrected chi connectivity index (χ1v) is 15.2. The van der Waals surface area contributed by atoms with Gasteiger partial charge in [0.05, 0.1) is 11.9 Å². The Hall–Kier alpha value is -4.12. The van der Waals surface area contributed by atoms with Crippen molar-refractivity contribution in [2.24, 2.45) is 0 Å². The molecule has 218 valence electrons. The summed E-state index contributed by atoms with van der Waals surface area (Å²) < 4.78 is 52.4. The van der Waals surface area contributed by atoms with Gasteiger partial charge in [-0.3, -0.25) is 13.9 Å². The Morgan fingerprint density at radius 1 is 0.976 bits per heavy atom. The van der Waals surface area contributed by atoms with E-state index in [1.165, 1.54) is 22.3 Å². The van der Waals surface area contributed by atoms with E-state index in [4.69, 9.17) is 9.47 Å². The first-order chi connectivity index (χ1) is 19.7. The first-order valence-electron chi connectivity index (χ1n) is 13.3. The predicted octanol–water partition coefficient (Wildman–Crippen LogP) is 3.53. The summed E-state index contributed by atoms with van der Waals surface area (Å²) in [6, 6.07) is 19.4. The maximum atomic E-state index is 14.7. The molecule has 41 heavy (non-hydrogen) atoms. The number of nitrogens with zero attached hydrogens (tertiary/aromatic N) is 2. The molecule has 3 aromatic rings. The number of ether oxygens (including phenoxy) is 2. The zero-order valence-corrected chi connectivity index (χ0v) is 23.9. The van der Waals surface area contributed by atoms with Crippen LogP contribution >= 0.6 is 0 Å². The number of nitrogens with one attached hydrogen (secondary N) is 1. The van der Waals surface area contributed by atoms with E-state index in [1.54, 1.807) is 36.4 Å². The van der Waals surface area contributed by atoms with Crippen LogP contribution in [0, 0.1) is 5.82 Å². The van der Waals surface area contributed by atoms with Crippen molar-refractivity contribution in [1.29, 1.82) is 0 Å². The Labute approximate surface area is 239 Å². The lowest BCUT2D eigenvalue weighted by atomic mass is 10.0. The van der Waals surface area contributed by atoms with Gasteiger partial charge in [0.25, 0.3) is 0 Å². The number of anilines is 1. The zero-order valence-electron chi connectivity index (χ0n) is 23.1. The summed E-state index contributed by atoms with van der Waals surface area (Å²) in [6.07, 6.45) is 1.43. The summed E-state index contributed by atoms with van der Waals surface area (Å²) in [6.45, 7) is 0.668. The molecule has 0 bridgehead atoms. The van der Waals surface area contributed by atoms with Crippen LogP contribution < -0.4 is 19.1 Å². The fraction of sp³-hybridized carbons (Fsp3) is 0.333. The second-order valence-corrected chi connectivity index (χ2v) is 11.6.